The van der Waals surface area contributed by atoms with E-state index in [2.05, 4.69) is 48.5 Å². The lowest BCUT2D eigenvalue weighted by molar-refractivity contribution is 0.101. The van der Waals surface area contributed by atoms with E-state index >= 15 is 0 Å². The van der Waals surface area contributed by atoms with Crippen LogP contribution in [0.5, 0.6) is 0 Å². The molecule has 0 radical (unpaired) electrons. The van der Waals surface area contributed by atoms with Crippen molar-refractivity contribution < 1.29 is 0 Å². The molecule has 3 heterocycles. The summed E-state index contributed by atoms with van der Waals surface area (Å²) in [7, 11) is 0. The smallest absolute Gasteiger partial charge is 0.0537 e. The summed E-state index contributed by atoms with van der Waals surface area (Å²) >= 11 is 0. The van der Waals surface area contributed by atoms with E-state index in [0.29, 0.717) is 6.04 Å². The number of aryl methyl sites for hydroxylation is 1. The lowest BCUT2D eigenvalue weighted by Crippen LogP contribution is -2.49. The fourth-order valence-electron chi connectivity index (χ4n) is 4.21. The number of nitrogens with zero attached hydrogens (tertiary/aromatic N) is 3. The van der Waals surface area contributed by atoms with E-state index in [4.69, 9.17) is 0 Å². The molecule has 118 valence electrons. The van der Waals surface area contributed by atoms with Crippen LogP contribution in [0, 0.1) is 0 Å². The van der Waals surface area contributed by atoms with Gasteiger partial charge in [-0.1, -0.05) is 6.92 Å². The van der Waals surface area contributed by atoms with Crippen LogP contribution in [0.2, 0.25) is 0 Å². The fraction of sp³-hybridized carbons (Fsp3) is 0.824. The molecule has 0 amide bonds. The average molecular weight is 290 g/mol. The SMILES string of the molecule is CCCN(C1CC2CCC(C1)N2)C(C)c1cnn(CC)c1. The van der Waals surface area contributed by atoms with Crippen LogP contribution in [0.15, 0.2) is 12.4 Å². The lowest BCUT2D eigenvalue weighted by atomic mass is 9.95. The predicted molar refractivity (Wildman–Crippen MR) is 86.3 cm³/mol. The van der Waals surface area contributed by atoms with E-state index in [1.54, 1.807) is 0 Å². The molecule has 0 aliphatic carbocycles. The summed E-state index contributed by atoms with van der Waals surface area (Å²) in [6.07, 6.45) is 10.9. The highest BCUT2D eigenvalue weighted by Crippen LogP contribution is 2.33. The molecule has 0 saturated carbocycles. The van der Waals surface area contributed by atoms with E-state index in [1.165, 1.54) is 44.2 Å². The minimum Gasteiger partial charge on any atom is -0.311 e. The number of hydrogen-bond donors (Lipinski definition) is 1. The number of fused-ring (bicyclic) bond motifs is 2. The standard InChI is InChI=1S/C17H30N4/c1-4-8-21(13(3)14-11-18-20(5-2)12-14)17-9-15-6-7-16(10-17)19-15/h11-13,15-17,19H,4-10H2,1-3H3. The molecule has 2 saturated heterocycles. The first-order valence-corrected chi connectivity index (χ1v) is 8.75. The predicted octanol–water partition coefficient (Wildman–Crippen LogP) is 2.96. The van der Waals surface area contributed by atoms with Crippen LogP contribution in [0.4, 0.5) is 0 Å². The molecule has 2 fully saturated rings. The Morgan fingerprint density at radius 3 is 2.62 bits per heavy atom. The van der Waals surface area contributed by atoms with Crippen molar-refractivity contribution in [1.29, 1.82) is 0 Å². The molecule has 3 atom stereocenters. The Labute approximate surface area is 128 Å². The van der Waals surface area contributed by atoms with Crippen LogP contribution in [-0.2, 0) is 6.54 Å². The van der Waals surface area contributed by atoms with E-state index < -0.39 is 0 Å². The van der Waals surface area contributed by atoms with Gasteiger partial charge in [0.1, 0.15) is 0 Å². The van der Waals surface area contributed by atoms with Gasteiger partial charge in [-0.05, 0) is 52.5 Å². The molecule has 0 spiro atoms. The van der Waals surface area contributed by atoms with E-state index in [9.17, 15) is 0 Å². The number of piperidine rings is 1. The van der Waals surface area contributed by atoms with Gasteiger partial charge in [0.2, 0.25) is 0 Å². The van der Waals surface area contributed by atoms with Crippen molar-refractivity contribution in [3.05, 3.63) is 18.0 Å². The second-order valence-electron chi connectivity index (χ2n) is 6.81. The van der Waals surface area contributed by atoms with Gasteiger partial charge in [-0.3, -0.25) is 9.58 Å². The first-order valence-electron chi connectivity index (χ1n) is 8.75. The highest BCUT2D eigenvalue weighted by Gasteiger charge is 2.37. The third kappa shape index (κ3) is 3.16. The Morgan fingerprint density at radius 2 is 2.05 bits per heavy atom. The van der Waals surface area contributed by atoms with Crippen LogP contribution >= 0.6 is 0 Å². The Bertz CT molecular complexity index is 443. The Kier molecular flexibility index (Phi) is 4.65. The van der Waals surface area contributed by atoms with Crippen molar-refractivity contribution in [2.75, 3.05) is 6.54 Å². The van der Waals surface area contributed by atoms with Gasteiger partial charge in [-0.15, -0.1) is 0 Å². The maximum atomic E-state index is 4.46. The summed E-state index contributed by atoms with van der Waals surface area (Å²) in [5, 5.41) is 8.23. The van der Waals surface area contributed by atoms with Gasteiger partial charge in [0.25, 0.3) is 0 Å². The largest absolute Gasteiger partial charge is 0.311 e. The van der Waals surface area contributed by atoms with Crippen LogP contribution in [-0.4, -0.2) is 39.4 Å². The van der Waals surface area contributed by atoms with Gasteiger partial charge in [-0.25, -0.2) is 0 Å². The van der Waals surface area contributed by atoms with Crippen molar-refractivity contribution in [2.45, 2.75) is 83.6 Å². The summed E-state index contributed by atoms with van der Waals surface area (Å²) in [6, 6.07) is 2.74. The minimum atomic E-state index is 0.479. The Hall–Kier alpha value is -0.870. The van der Waals surface area contributed by atoms with Crippen molar-refractivity contribution in [2.24, 2.45) is 0 Å². The van der Waals surface area contributed by atoms with Crippen molar-refractivity contribution in [1.82, 2.24) is 20.0 Å². The Morgan fingerprint density at radius 1 is 1.33 bits per heavy atom. The van der Waals surface area contributed by atoms with Gasteiger partial charge in [0, 0.05) is 42.5 Å². The van der Waals surface area contributed by atoms with Crippen LogP contribution in [0.3, 0.4) is 0 Å². The summed E-state index contributed by atoms with van der Waals surface area (Å²) in [6.45, 7) is 8.96. The molecule has 1 N–H and O–H groups in total. The fourth-order valence-corrected chi connectivity index (χ4v) is 4.21. The summed E-state index contributed by atoms with van der Waals surface area (Å²) < 4.78 is 2.04. The second kappa shape index (κ2) is 6.49. The summed E-state index contributed by atoms with van der Waals surface area (Å²) in [4.78, 5) is 2.74. The maximum absolute atomic E-state index is 4.46. The molecule has 1 aromatic rings. The molecule has 4 nitrogen and oxygen atoms in total. The number of hydrogen-bond acceptors (Lipinski definition) is 3. The zero-order chi connectivity index (χ0) is 14.8. The normalized spacial score (nSPS) is 30.0. The summed E-state index contributed by atoms with van der Waals surface area (Å²) in [5.74, 6) is 0. The van der Waals surface area contributed by atoms with Gasteiger partial charge < -0.3 is 5.32 Å². The van der Waals surface area contributed by atoms with E-state index in [0.717, 1.165) is 24.7 Å². The van der Waals surface area contributed by atoms with Gasteiger partial charge >= 0.3 is 0 Å². The molecule has 2 aliphatic heterocycles. The molecule has 3 unspecified atom stereocenters. The molecular formula is C17H30N4. The van der Waals surface area contributed by atoms with Crippen molar-refractivity contribution >= 4 is 0 Å². The molecule has 3 rings (SSSR count). The second-order valence-corrected chi connectivity index (χ2v) is 6.81. The number of aromatic nitrogens is 2. The molecule has 1 aromatic heterocycles. The monoisotopic (exact) mass is 290 g/mol. The molecule has 4 heteroatoms. The van der Waals surface area contributed by atoms with Gasteiger partial charge in [-0.2, -0.15) is 5.10 Å². The van der Waals surface area contributed by atoms with Crippen molar-refractivity contribution in [3.8, 4) is 0 Å². The first-order chi connectivity index (χ1) is 10.2. The maximum Gasteiger partial charge on any atom is 0.0537 e. The van der Waals surface area contributed by atoms with Gasteiger partial charge in [0.05, 0.1) is 6.20 Å². The topological polar surface area (TPSA) is 33.1 Å². The highest BCUT2D eigenvalue weighted by atomic mass is 15.3. The van der Waals surface area contributed by atoms with Crippen molar-refractivity contribution in [3.63, 3.8) is 0 Å². The minimum absolute atomic E-state index is 0.479. The molecule has 0 aromatic carbocycles. The van der Waals surface area contributed by atoms with E-state index in [-0.39, 0.29) is 0 Å². The zero-order valence-corrected chi connectivity index (χ0v) is 13.8. The van der Waals surface area contributed by atoms with Crippen LogP contribution in [0.25, 0.3) is 0 Å². The number of nitrogens with one attached hydrogen (secondary N) is 1. The average Bonchev–Trinajstić information content (AvgIpc) is 3.10. The van der Waals surface area contributed by atoms with E-state index in [1.807, 2.05) is 4.68 Å². The first kappa shape index (κ1) is 15.0. The molecule has 2 bridgehead atoms. The van der Waals surface area contributed by atoms with Crippen LogP contribution in [0.1, 0.15) is 64.5 Å². The number of rotatable bonds is 6. The molecular weight excluding hydrogens is 260 g/mol. The summed E-state index contributed by atoms with van der Waals surface area (Å²) in [5.41, 5.74) is 1.37. The quantitative estimate of drug-likeness (QED) is 0.874. The lowest BCUT2D eigenvalue weighted by Gasteiger charge is -2.41. The molecule has 21 heavy (non-hydrogen) atoms. The highest BCUT2D eigenvalue weighted by molar-refractivity contribution is 5.11. The van der Waals surface area contributed by atoms with Crippen LogP contribution < -0.4 is 5.32 Å². The zero-order valence-electron chi connectivity index (χ0n) is 13.8. The van der Waals surface area contributed by atoms with Gasteiger partial charge in [0.15, 0.2) is 0 Å². The molecule has 2 aliphatic rings. The third-order valence-electron chi connectivity index (χ3n) is 5.36. The Balaban J connectivity index is 1.73. The third-order valence-corrected chi connectivity index (χ3v) is 5.36.